The first kappa shape index (κ1) is 19.7. The summed E-state index contributed by atoms with van der Waals surface area (Å²) in [6.45, 7) is -0.231. The number of ether oxygens (including phenoxy) is 2. The third-order valence-electron chi connectivity index (χ3n) is 4.30. The van der Waals surface area contributed by atoms with Crippen molar-refractivity contribution in [2.75, 3.05) is 30.5 Å². The number of esters is 1. The summed E-state index contributed by atoms with van der Waals surface area (Å²) >= 11 is 5.96. The lowest BCUT2D eigenvalue weighted by Gasteiger charge is -2.16. The SMILES string of the molecule is COc1ccc(NC(=O)COC(=O)[C@@H]2CC(=O)N(c3cccc(Cl)c3)C2)cc1. The molecule has 0 aliphatic carbocycles. The zero-order chi connectivity index (χ0) is 20.1. The van der Waals surface area contributed by atoms with Gasteiger partial charge in [0.25, 0.3) is 5.91 Å². The number of carbonyl (C=O) groups excluding carboxylic acids is 3. The maximum Gasteiger partial charge on any atom is 0.311 e. The predicted molar refractivity (Wildman–Crippen MR) is 104 cm³/mol. The zero-order valence-corrected chi connectivity index (χ0v) is 15.9. The standard InChI is InChI=1S/C20H19ClN2O5/c1-27-17-7-5-15(6-8-17)22-18(24)12-28-20(26)13-9-19(25)23(11-13)16-4-2-3-14(21)10-16/h2-8,10,13H,9,11-12H2,1H3,(H,22,24)/t13-/m1/s1. The molecule has 0 radical (unpaired) electrons. The number of amides is 2. The van der Waals surface area contributed by atoms with Crippen molar-refractivity contribution >= 4 is 40.8 Å². The Labute approximate surface area is 167 Å². The number of rotatable bonds is 6. The van der Waals surface area contributed by atoms with Crippen LogP contribution in [0.5, 0.6) is 5.75 Å². The number of nitrogens with one attached hydrogen (secondary N) is 1. The molecule has 7 nitrogen and oxygen atoms in total. The lowest BCUT2D eigenvalue weighted by Crippen LogP contribution is -2.28. The van der Waals surface area contributed by atoms with E-state index in [1.54, 1.807) is 55.6 Å². The van der Waals surface area contributed by atoms with Crippen LogP contribution in [0.4, 0.5) is 11.4 Å². The van der Waals surface area contributed by atoms with Gasteiger partial charge in [0, 0.05) is 29.4 Å². The Bertz CT molecular complexity index is 884. The van der Waals surface area contributed by atoms with Crippen LogP contribution in [-0.2, 0) is 19.1 Å². The number of hydrogen-bond acceptors (Lipinski definition) is 5. The summed E-state index contributed by atoms with van der Waals surface area (Å²) in [5.74, 6) is -1.19. The van der Waals surface area contributed by atoms with Gasteiger partial charge in [0.1, 0.15) is 5.75 Å². The van der Waals surface area contributed by atoms with E-state index in [1.807, 2.05) is 0 Å². The lowest BCUT2D eigenvalue weighted by atomic mass is 10.1. The number of nitrogens with zero attached hydrogens (tertiary/aromatic N) is 1. The van der Waals surface area contributed by atoms with Crippen LogP contribution in [0.2, 0.25) is 5.02 Å². The highest BCUT2D eigenvalue weighted by molar-refractivity contribution is 6.31. The van der Waals surface area contributed by atoms with Gasteiger partial charge in [-0.25, -0.2) is 0 Å². The van der Waals surface area contributed by atoms with E-state index in [1.165, 1.54) is 4.90 Å². The molecule has 0 unspecified atom stereocenters. The largest absolute Gasteiger partial charge is 0.497 e. The molecule has 3 rings (SSSR count). The van der Waals surface area contributed by atoms with E-state index >= 15 is 0 Å². The van der Waals surface area contributed by atoms with Gasteiger partial charge in [-0.3, -0.25) is 14.4 Å². The fourth-order valence-corrected chi connectivity index (χ4v) is 3.07. The van der Waals surface area contributed by atoms with Crippen molar-refractivity contribution in [2.45, 2.75) is 6.42 Å². The van der Waals surface area contributed by atoms with Gasteiger partial charge in [0.2, 0.25) is 5.91 Å². The Morgan fingerprint density at radius 2 is 1.96 bits per heavy atom. The Kier molecular flexibility index (Phi) is 6.16. The van der Waals surface area contributed by atoms with Gasteiger partial charge in [0.05, 0.1) is 13.0 Å². The van der Waals surface area contributed by atoms with E-state index in [2.05, 4.69) is 5.32 Å². The van der Waals surface area contributed by atoms with Gasteiger partial charge in [-0.15, -0.1) is 0 Å². The van der Waals surface area contributed by atoms with E-state index < -0.39 is 24.4 Å². The van der Waals surface area contributed by atoms with Crippen LogP contribution in [0.3, 0.4) is 0 Å². The molecule has 1 atom stereocenters. The fraction of sp³-hybridized carbons (Fsp3) is 0.250. The quantitative estimate of drug-likeness (QED) is 0.751. The molecule has 2 aromatic carbocycles. The van der Waals surface area contributed by atoms with Crippen LogP contribution >= 0.6 is 11.6 Å². The normalized spacial score (nSPS) is 16.0. The van der Waals surface area contributed by atoms with E-state index in [-0.39, 0.29) is 18.9 Å². The second kappa shape index (κ2) is 8.75. The minimum absolute atomic E-state index is 0.0332. The van der Waals surface area contributed by atoms with E-state index in [0.717, 1.165) is 0 Å². The maximum absolute atomic E-state index is 12.3. The van der Waals surface area contributed by atoms with Crippen molar-refractivity contribution in [3.63, 3.8) is 0 Å². The van der Waals surface area contributed by atoms with Crippen molar-refractivity contribution in [1.82, 2.24) is 0 Å². The van der Waals surface area contributed by atoms with E-state index in [0.29, 0.717) is 22.1 Å². The summed E-state index contributed by atoms with van der Waals surface area (Å²) < 4.78 is 10.1. The second-order valence-corrected chi connectivity index (χ2v) is 6.71. The lowest BCUT2D eigenvalue weighted by molar-refractivity contribution is -0.151. The maximum atomic E-state index is 12.3. The van der Waals surface area contributed by atoms with Crippen LogP contribution in [0, 0.1) is 5.92 Å². The molecular weight excluding hydrogens is 384 g/mol. The number of benzene rings is 2. The highest BCUT2D eigenvalue weighted by Crippen LogP contribution is 2.27. The summed E-state index contributed by atoms with van der Waals surface area (Å²) in [6.07, 6.45) is 0.0332. The summed E-state index contributed by atoms with van der Waals surface area (Å²) in [5.41, 5.74) is 1.19. The van der Waals surface area contributed by atoms with Gasteiger partial charge in [-0.1, -0.05) is 17.7 Å². The molecule has 1 aliphatic rings. The predicted octanol–water partition coefficient (Wildman–Crippen LogP) is 2.88. The molecule has 8 heteroatoms. The van der Waals surface area contributed by atoms with Gasteiger partial charge in [-0.05, 0) is 42.5 Å². The molecule has 0 spiro atoms. The fourth-order valence-electron chi connectivity index (χ4n) is 2.88. The molecule has 0 aromatic heterocycles. The Morgan fingerprint density at radius 3 is 2.64 bits per heavy atom. The number of methoxy groups -OCH3 is 1. The van der Waals surface area contributed by atoms with Gasteiger partial charge in [-0.2, -0.15) is 0 Å². The van der Waals surface area contributed by atoms with Crippen LogP contribution in [0.25, 0.3) is 0 Å². The highest BCUT2D eigenvalue weighted by Gasteiger charge is 2.36. The first-order chi connectivity index (χ1) is 13.5. The van der Waals surface area contributed by atoms with Gasteiger partial charge >= 0.3 is 5.97 Å². The summed E-state index contributed by atoms with van der Waals surface area (Å²) in [6, 6.07) is 13.6. The molecule has 1 saturated heterocycles. The van der Waals surface area contributed by atoms with Crippen molar-refractivity contribution < 1.29 is 23.9 Å². The number of carbonyl (C=O) groups is 3. The van der Waals surface area contributed by atoms with Crippen molar-refractivity contribution in [3.05, 3.63) is 53.6 Å². The first-order valence-corrected chi connectivity index (χ1v) is 9.00. The Morgan fingerprint density at radius 1 is 1.21 bits per heavy atom. The highest BCUT2D eigenvalue weighted by atomic mass is 35.5. The molecule has 0 saturated carbocycles. The molecule has 146 valence electrons. The Hall–Kier alpha value is -3.06. The van der Waals surface area contributed by atoms with Crippen LogP contribution in [0.15, 0.2) is 48.5 Å². The van der Waals surface area contributed by atoms with E-state index in [4.69, 9.17) is 21.1 Å². The molecule has 0 bridgehead atoms. The average molecular weight is 403 g/mol. The molecule has 1 aliphatic heterocycles. The Balaban J connectivity index is 1.50. The smallest absolute Gasteiger partial charge is 0.311 e. The van der Waals surface area contributed by atoms with Gasteiger partial charge < -0.3 is 19.7 Å². The molecule has 2 aromatic rings. The van der Waals surface area contributed by atoms with Crippen molar-refractivity contribution in [1.29, 1.82) is 0 Å². The monoisotopic (exact) mass is 402 g/mol. The molecule has 1 heterocycles. The van der Waals surface area contributed by atoms with Crippen molar-refractivity contribution in [2.24, 2.45) is 5.92 Å². The first-order valence-electron chi connectivity index (χ1n) is 8.62. The number of hydrogen-bond donors (Lipinski definition) is 1. The average Bonchev–Trinajstić information content (AvgIpc) is 3.08. The third-order valence-corrected chi connectivity index (χ3v) is 4.53. The third kappa shape index (κ3) is 4.80. The molecular formula is C20H19ClN2O5. The molecule has 28 heavy (non-hydrogen) atoms. The minimum Gasteiger partial charge on any atom is -0.497 e. The van der Waals surface area contributed by atoms with Gasteiger partial charge in [0.15, 0.2) is 6.61 Å². The van der Waals surface area contributed by atoms with Crippen molar-refractivity contribution in [3.8, 4) is 5.75 Å². The summed E-state index contributed by atoms with van der Waals surface area (Å²) in [4.78, 5) is 37.9. The molecule has 1 N–H and O–H groups in total. The van der Waals surface area contributed by atoms with Crippen LogP contribution in [0.1, 0.15) is 6.42 Å². The topological polar surface area (TPSA) is 84.9 Å². The number of anilines is 2. The molecule has 1 fully saturated rings. The van der Waals surface area contributed by atoms with Crippen LogP contribution in [-0.4, -0.2) is 38.0 Å². The zero-order valence-electron chi connectivity index (χ0n) is 15.2. The summed E-state index contributed by atoms with van der Waals surface area (Å²) in [7, 11) is 1.55. The number of halogens is 1. The summed E-state index contributed by atoms with van der Waals surface area (Å²) in [5, 5.41) is 3.13. The van der Waals surface area contributed by atoms with Crippen LogP contribution < -0.4 is 15.0 Å². The second-order valence-electron chi connectivity index (χ2n) is 6.27. The minimum atomic E-state index is -0.625. The van der Waals surface area contributed by atoms with E-state index in [9.17, 15) is 14.4 Å². The molecule has 2 amide bonds.